The fourth-order valence-electron chi connectivity index (χ4n) is 2.83. The third kappa shape index (κ3) is 3.23. The summed E-state index contributed by atoms with van der Waals surface area (Å²) in [5.74, 6) is -0.0521. The molecule has 4 heterocycles. The molecule has 0 amide bonds. The van der Waals surface area contributed by atoms with E-state index in [1.807, 2.05) is 4.90 Å². The number of fused-ring (bicyclic) bond motifs is 1. The highest BCUT2D eigenvalue weighted by Gasteiger charge is 2.25. The van der Waals surface area contributed by atoms with Crippen LogP contribution in [0.4, 0.5) is 14.7 Å². The number of rotatable bonds is 4. The van der Waals surface area contributed by atoms with Gasteiger partial charge in [0.15, 0.2) is 11.6 Å². The topological polar surface area (TPSA) is 91.1 Å². The van der Waals surface area contributed by atoms with Gasteiger partial charge in [-0.1, -0.05) is 0 Å². The summed E-state index contributed by atoms with van der Waals surface area (Å²) in [6, 6.07) is 0. The van der Waals surface area contributed by atoms with Gasteiger partial charge in [0, 0.05) is 13.1 Å². The van der Waals surface area contributed by atoms with Crippen LogP contribution in [0.25, 0.3) is 17.0 Å². The maximum Gasteiger partial charge on any atom is 0.296 e. The molecule has 0 spiro atoms. The first-order valence-electron chi connectivity index (χ1n) is 8.01. The van der Waals surface area contributed by atoms with E-state index in [4.69, 9.17) is 21.1 Å². The zero-order valence-corrected chi connectivity index (χ0v) is 14.9. The van der Waals surface area contributed by atoms with Gasteiger partial charge >= 0.3 is 0 Å². The monoisotopic (exact) mass is 397 g/mol. The molecular formula is C15H14ClF2N7O2. The normalized spacial score (nSPS) is 14.9. The van der Waals surface area contributed by atoms with Gasteiger partial charge in [-0.05, 0) is 11.6 Å². The minimum absolute atomic E-state index is 0.0654. The molecule has 0 radical (unpaired) electrons. The number of alkyl halides is 2. The molecule has 4 rings (SSSR count). The maximum atomic E-state index is 13.7. The summed E-state index contributed by atoms with van der Waals surface area (Å²) in [5.41, 5.74) is 0.507. The van der Waals surface area contributed by atoms with Gasteiger partial charge in [-0.15, -0.1) is 0 Å². The third-order valence-corrected chi connectivity index (χ3v) is 4.22. The third-order valence-electron chi connectivity index (χ3n) is 4.05. The van der Waals surface area contributed by atoms with E-state index in [-0.39, 0.29) is 34.0 Å². The highest BCUT2D eigenvalue weighted by Crippen LogP contribution is 2.31. The van der Waals surface area contributed by atoms with Gasteiger partial charge in [0.25, 0.3) is 6.43 Å². The van der Waals surface area contributed by atoms with Crippen molar-refractivity contribution in [1.29, 1.82) is 0 Å². The largest absolute Gasteiger partial charge is 0.493 e. The molecular weight excluding hydrogens is 384 g/mol. The number of anilines is 1. The first-order chi connectivity index (χ1) is 13.1. The fourth-order valence-corrected chi connectivity index (χ4v) is 2.98. The Balaban J connectivity index is 1.91. The van der Waals surface area contributed by atoms with Crippen molar-refractivity contribution < 1.29 is 18.3 Å². The van der Waals surface area contributed by atoms with Crippen LogP contribution in [-0.4, -0.2) is 62.9 Å². The Labute approximate surface area is 156 Å². The van der Waals surface area contributed by atoms with Crippen molar-refractivity contribution in [3.8, 4) is 11.7 Å². The van der Waals surface area contributed by atoms with Crippen LogP contribution in [0, 0.1) is 0 Å². The molecule has 0 atom stereocenters. The van der Waals surface area contributed by atoms with Gasteiger partial charge < -0.3 is 14.4 Å². The summed E-state index contributed by atoms with van der Waals surface area (Å²) in [4.78, 5) is 22.3. The van der Waals surface area contributed by atoms with E-state index in [0.29, 0.717) is 26.3 Å². The number of hydrogen-bond acceptors (Lipinski definition) is 8. The molecule has 1 fully saturated rings. The molecule has 142 valence electrons. The predicted octanol–water partition coefficient (Wildman–Crippen LogP) is 2.04. The van der Waals surface area contributed by atoms with Gasteiger partial charge in [-0.25, -0.2) is 13.8 Å². The number of ether oxygens (including phenoxy) is 2. The Hall–Kier alpha value is -2.66. The number of halogens is 3. The molecule has 1 aliphatic rings. The molecule has 0 N–H and O–H groups in total. The van der Waals surface area contributed by atoms with Gasteiger partial charge in [-0.3, -0.25) is 9.55 Å². The highest BCUT2D eigenvalue weighted by atomic mass is 35.5. The predicted molar refractivity (Wildman–Crippen MR) is 91.8 cm³/mol. The summed E-state index contributed by atoms with van der Waals surface area (Å²) in [6.45, 7) is 2.13. The second-order valence-electron chi connectivity index (χ2n) is 5.62. The number of pyridine rings is 1. The minimum Gasteiger partial charge on any atom is -0.493 e. The van der Waals surface area contributed by atoms with E-state index in [2.05, 4.69) is 24.9 Å². The van der Waals surface area contributed by atoms with E-state index >= 15 is 0 Å². The van der Waals surface area contributed by atoms with Crippen LogP contribution in [0.5, 0.6) is 5.75 Å². The van der Waals surface area contributed by atoms with E-state index in [0.717, 1.165) is 4.57 Å². The lowest BCUT2D eigenvalue weighted by Gasteiger charge is -2.26. The summed E-state index contributed by atoms with van der Waals surface area (Å²) in [6.07, 6.45) is -0.0819. The summed E-state index contributed by atoms with van der Waals surface area (Å²) < 4.78 is 38.9. The minimum atomic E-state index is -2.87. The average molecular weight is 398 g/mol. The summed E-state index contributed by atoms with van der Waals surface area (Å²) in [7, 11) is 1.41. The first-order valence-corrected chi connectivity index (χ1v) is 8.39. The molecule has 12 heteroatoms. The van der Waals surface area contributed by atoms with E-state index < -0.39 is 12.2 Å². The van der Waals surface area contributed by atoms with Gasteiger partial charge in [-0.2, -0.15) is 15.0 Å². The molecule has 9 nitrogen and oxygen atoms in total. The number of hydrogen-bond donors (Lipinski definition) is 0. The van der Waals surface area contributed by atoms with E-state index in [1.54, 1.807) is 0 Å². The van der Waals surface area contributed by atoms with Crippen LogP contribution in [0.2, 0.25) is 5.28 Å². The first kappa shape index (κ1) is 17.7. The molecule has 0 aromatic carbocycles. The van der Waals surface area contributed by atoms with Crippen LogP contribution in [0.15, 0.2) is 12.4 Å². The van der Waals surface area contributed by atoms with Crippen LogP contribution in [-0.2, 0) is 4.74 Å². The standard InChI is InChI=1S/C15H14ClF2N7O2/c1-26-9-7-19-6-8-10(9)20-12(11(17)18)25(8)15-22-13(16)21-14(23-15)24-2-4-27-5-3-24/h6-7,11H,2-5H2,1H3. The zero-order valence-electron chi connectivity index (χ0n) is 14.1. The SMILES string of the molecule is COc1cncc2c1nc(C(F)F)n2-c1nc(Cl)nc(N2CCOCC2)n1. The van der Waals surface area contributed by atoms with Crippen molar-refractivity contribution in [3.05, 3.63) is 23.5 Å². The zero-order chi connectivity index (χ0) is 19.0. The summed E-state index contributed by atoms with van der Waals surface area (Å²) >= 11 is 6.05. The van der Waals surface area contributed by atoms with Crippen molar-refractivity contribution in [2.24, 2.45) is 0 Å². The molecule has 27 heavy (non-hydrogen) atoms. The molecule has 0 bridgehead atoms. The number of nitrogens with zero attached hydrogens (tertiary/aromatic N) is 7. The van der Waals surface area contributed by atoms with Crippen molar-refractivity contribution in [1.82, 2.24) is 29.5 Å². The van der Waals surface area contributed by atoms with Gasteiger partial charge in [0.2, 0.25) is 17.2 Å². The fraction of sp³-hybridized carbons (Fsp3) is 0.400. The second-order valence-corrected chi connectivity index (χ2v) is 5.96. The second kappa shape index (κ2) is 7.16. The van der Waals surface area contributed by atoms with Crippen LogP contribution >= 0.6 is 11.6 Å². The van der Waals surface area contributed by atoms with Crippen LogP contribution < -0.4 is 9.64 Å². The molecule has 3 aromatic rings. The van der Waals surface area contributed by atoms with E-state index in [9.17, 15) is 8.78 Å². The number of imidazole rings is 1. The average Bonchev–Trinajstić information content (AvgIpc) is 3.08. The van der Waals surface area contributed by atoms with Gasteiger partial charge in [0.05, 0.1) is 38.2 Å². The molecule has 1 aliphatic heterocycles. The highest BCUT2D eigenvalue weighted by molar-refractivity contribution is 6.28. The summed E-state index contributed by atoms with van der Waals surface area (Å²) in [5, 5.41) is -0.112. The maximum absolute atomic E-state index is 13.7. The van der Waals surface area contributed by atoms with Crippen LogP contribution in [0.1, 0.15) is 12.2 Å². The Morgan fingerprint density at radius 2 is 1.85 bits per heavy atom. The molecule has 0 saturated carbocycles. The molecule has 1 saturated heterocycles. The smallest absolute Gasteiger partial charge is 0.296 e. The van der Waals surface area contributed by atoms with Crippen molar-refractivity contribution in [3.63, 3.8) is 0 Å². The van der Waals surface area contributed by atoms with E-state index in [1.165, 1.54) is 19.5 Å². The van der Waals surface area contributed by atoms with Crippen molar-refractivity contribution in [2.45, 2.75) is 6.43 Å². The van der Waals surface area contributed by atoms with Crippen molar-refractivity contribution in [2.75, 3.05) is 38.3 Å². The molecule has 0 aliphatic carbocycles. The number of methoxy groups -OCH3 is 1. The Morgan fingerprint density at radius 1 is 1.11 bits per heavy atom. The lowest BCUT2D eigenvalue weighted by molar-refractivity contribution is 0.122. The van der Waals surface area contributed by atoms with Gasteiger partial charge in [0.1, 0.15) is 5.52 Å². The van der Waals surface area contributed by atoms with Crippen molar-refractivity contribution >= 4 is 28.6 Å². The van der Waals surface area contributed by atoms with Crippen LogP contribution in [0.3, 0.4) is 0 Å². The Bertz CT molecular complexity index is 978. The lowest BCUT2D eigenvalue weighted by Crippen LogP contribution is -2.37. The number of aromatic nitrogens is 6. The lowest BCUT2D eigenvalue weighted by atomic mass is 10.4. The molecule has 0 unspecified atom stereocenters. The quantitative estimate of drug-likeness (QED) is 0.660. The number of morpholine rings is 1. The molecule has 3 aromatic heterocycles. The Morgan fingerprint density at radius 3 is 2.56 bits per heavy atom. The Kier molecular flexibility index (Phi) is 4.70.